The molecule has 2 unspecified atom stereocenters. The first-order valence-electron chi connectivity index (χ1n) is 13.8. The van der Waals surface area contributed by atoms with Gasteiger partial charge in [0, 0.05) is 13.3 Å². The summed E-state index contributed by atoms with van der Waals surface area (Å²) in [5.74, 6) is -3.72. The van der Waals surface area contributed by atoms with Gasteiger partial charge in [0.2, 0.25) is 23.5 Å². The van der Waals surface area contributed by atoms with Crippen LogP contribution in [0.2, 0.25) is 0 Å². The summed E-state index contributed by atoms with van der Waals surface area (Å²) in [4.78, 5) is 69.9. The molecule has 0 bridgehead atoms. The molecule has 1 fully saturated rings. The highest BCUT2D eigenvalue weighted by Crippen LogP contribution is 2.28. The van der Waals surface area contributed by atoms with Crippen LogP contribution >= 0.6 is 0 Å². The summed E-state index contributed by atoms with van der Waals surface area (Å²) in [7, 11) is 1.42. The summed E-state index contributed by atoms with van der Waals surface area (Å²) in [5, 5.41) is 14.7. The molecule has 13 nitrogen and oxygen atoms in total. The van der Waals surface area contributed by atoms with E-state index in [-0.39, 0.29) is 24.5 Å². The fourth-order valence-corrected chi connectivity index (χ4v) is 4.97. The zero-order chi connectivity index (χ0) is 31.3. The van der Waals surface area contributed by atoms with Crippen molar-refractivity contribution in [2.45, 2.75) is 57.8 Å². The number of amides is 3. The average molecular weight is 595 g/mol. The van der Waals surface area contributed by atoms with Crippen molar-refractivity contribution in [1.82, 2.24) is 20.5 Å². The van der Waals surface area contributed by atoms with Gasteiger partial charge in [-0.2, -0.15) is 0 Å². The largest absolute Gasteiger partial charge is 0.493 e. The summed E-state index contributed by atoms with van der Waals surface area (Å²) in [6.45, 7) is 4.84. The molecule has 1 aliphatic rings. The minimum atomic E-state index is -1.55. The number of ketones is 1. The summed E-state index contributed by atoms with van der Waals surface area (Å²) in [6, 6.07) is 10.1. The van der Waals surface area contributed by atoms with Crippen LogP contribution in [0.5, 0.6) is 11.5 Å². The normalized spacial score (nSPS) is 17.7. The smallest absolute Gasteiger partial charge is 0.305 e. The highest BCUT2D eigenvalue weighted by molar-refractivity contribution is 6.03. The first-order valence-corrected chi connectivity index (χ1v) is 13.8. The van der Waals surface area contributed by atoms with Crippen molar-refractivity contribution in [3.8, 4) is 11.5 Å². The average Bonchev–Trinajstić information content (AvgIpc) is 3.59. The minimum Gasteiger partial charge on any atom is -0.493 e. The molecular formula is C30H34N4O9. The number of nitrogens with one attached hydrogen (secondary N) is 2. The maximum absolute atomic E-state index is 13.7. The summed E-state index contributed by atoms with van der Waals surface area (Å²) in [6.07, 6.45) is -1.29. The topological polar surface area (TPSA) is 177 Å². The second-order valence-electron chi connectivity index (χ2n) is 10.6. The molecule has 0 radical (unpaired) electrons. The van der Waals surface area contributed by atoms with Gasteiger partial charge in [-0.3, -0.25) is 24.0 Å². The molecule has 0 aliphatic carbocycles. The van der Waals surface area contributed by atoms with E-state index in [1.165, 1.54) is 18.9 Å². The SMILES string of the molecule is COc1cccc2nc(C(=O)[C@H](CC(=O)O)NC(=O)C3C[C@H](Oc4ccccc4)CN3C(=O)C(NC(C)=O)C(C)C)oc12. The Morgan fingerprint density at radius 1 is 1.07 bits per heavy atom. The Bertz CT molecular complexity index is 1500. The Kier molecular flexibility index (Phi) is 9.63. The highest BCUT2D eigenvalue weighted by Gasteiger charge is 2.44. The summed E-state index contributed by atoms with van der Waals surface area (Å²) < 4.78 is 16.9. The number of aliphatic carboxylic acids is 1. The van der Waals surface area contributed by atoms with Crippen LogP contribution < -0.4 is 20.1 Å². The minimum absolute atomic E-state index is 0.0249. The number of Topliss-reactive ketones (excluding diaryl/α,β-unsaturated/α-hetero) is 1. The molecule has 1 saturated heterocycles. The molecule has 1 aliphatic heterocycles. The molecule has 1 aromatic heterocycles. The number of oxazole rings is 1. The number of hydrogen-bond donors (Lipinski definition) is 3. The zero-order valence-electron chi connectivity index (χ0n) is 24.2. The van der Waals surface area contributed by atoms with E-state index in [0.29, 0.717) is 17.0 Å². The van der Waals surface area contributed by atoms with Crippen molar-refractivity contribution >= 4 is 40.6 Å². The Balaban J connectivity index is 1.61. The van der Waals surface area contributed by atoms with Gasteiger partial charge in [-0.05, 0) is 30.2 Å². The Morgan fingerprint density at radius 2 is 1.79 bits per heavy atom. The number of fused-ring (bicyclic) bond motifs is 1. The maximum Gasteiger partial charge on any atom is 0.305 e. The van der Waals surface area contributed by atoms with Crippen molar-refractivity contribution in [2.75, 3.05) is 13.7 Å². The molecule has 4 rings (SSSR count). The van der Waals surface area contributed by atoms with Crippen LogP contribution in [0.25, 0.3) is 11.1 Å². The van der Waals surface area contributed by atoms with Gasteiger partial charge >= 0.3 is 5.97 Å². The molecule has 4 atom stereocenters. The van der Waals surface area contributed by atoms with Gasteiger partial charge < -0.3 is 34.5 Å². The van der Waals surface area contributed by atoms with Gasteiger partial charge in [0.15, 0.2) is 11.3 Å². The molecule has 0 saturated carbocycles. The van der Waals surface area contributed by atoms with Crippen molar-refractivity contribution in [3.05, 3.63) is 54.4 Å². The molecule has 3 N–H and O–H groups in total. The predicted molar refractivity (Wildman–Crippen MR) is 152 cm³/mol. The van der Waals surface area contributed by atoms with Gasteiger partial charge in [0.25, 0.3) is 5.89 Å². The lowest BCUT2D eigenvalue weighted by Gasteiger charge is -2.30. The molecule has 2 heterocycles. The number of carboxylic acids is 1. The van der Waals surface area contributed by atoms with E-state index >= 15 is 0 Å². The number of carbonyl (C=O) groups is 5. The van der Waals surface area contributed by atoms with Crippen LogP contribution in [-0.4, -0.2) is 82.3 Å². The monoisotopic (exact) mass is 594 g/mol. The van der Waals surface area contributed by atoms with Crippen LogP contribution in [0.3, 0.4) is 0 Å². The summed E-state index contributed by atoms with van der Waals surface area (Å²) in [5.41, 5.74) is 0.509. The number of methoxy groups -OCH3 is 1. The van der Waals surface area contributed by atoms with E-state index in [1.54, 1.807) is 56.3 Å². The number of rotatable bonds is 12. The number of nitrogens with zero attached hydrogens (tertiary/aromatic N) is 2. The van der Waals surface area contributed by atoms with Crippen LogP contribution in [0.15, 0.2) is 52.9 Å². The Morgan fingerprint density at radius 3 is 2.42 bits per heavy atom. The van der Waals surface area contributed by atoms with E-state index in [0.717, 1.165) is 0 Å². The first kappa shape index (κ1) is 31.0. The molecule has 0 spiro atoms. The third-order valence-corrected chi connectivity index (χ3v) is 7.01. The van der Waals surface area contributed by atoms with Crippen LogP contribution in [0.4, 0.5) is 0 Å². The quantitative estimate of drug-likeness (QED) is 0.263. The van der Waals surface area contributed by atoms with Gasteiger partial charge in [0.1, 0.15) is 35.5 Å². The predicted octanol–water partition coefficient (Wildman–Crippen LogP) is 2.19. The van der Waals surface area contributed by atoms with Crippen LogP contribution in [0, 0.1) is 5.92 Å². The van der Waals surface area contributed by atoms with E-state index < -0.39 is 66.0 Å². The van der Waals surface area contributed by atoms with Crippen molar-refractivity contribution < 1.29 is 43.0 Å². The molecular weight excluding hydrogens is 560 g/mol. The molecule has 13 heteroatoms. The Labute approximate surface area is 247 Å². The number of carboxylic acid groups (broad SMARTS) is 1. The molecule has 3 amide bonds. The highest BCUT2D eigenvalue weighted by atomic mass is 16.5. The molecule has 2 aromatic carbocycles. The van der Waals surface area contributed by atoms with Crippen molar-refractivity contribution in [3.63, 3.8) is 0 Å². The molecule has 43 heavy (non-hydrogen) atoms. The number of carbonyl (C=O) groups excluding carboxylic acids is 4. The molecule has 228 valence electrons. The number of likely N-dealkylation sites (tertiary alicyclic amines) is 1. The number of para-hydroxylation sites is 2. The van der Waals surface area contributed by atoms with Crippen molar-refractivity contribution in [1.29, 1.82) is 0 Å². The third-order valence-electron chi connectivity index (χ3n) is 7.01. The van der Waals surface area contributed by atoms with E-state index in [2.05, 4.69) is 15.6 Å². The first-order chi connectivity index (χ1) is 20.5. The summed E-state index contributed by atoms with van der Waals surface area (Å²) >= 11 is 0. The fourth-order valence-electron chi connectivity index (χ4n) is 4.97. The van der Waals surface area contributed by atoms with Gasteiger partial charge in [-0.1, -0.05) is 38.1 Å². The second kappa shape index (κ2) is 13.4. The number of ether oxygens (including phenoxy) is 2. The van der Waals surface area contributed by atoms with E-state index in [1.807, 2.05) is 6.07 Å². The van der Waals surface area contributed by atoms with E-state index in [9.17, 15) is 29.1 Å². The second-order valence-corrected chi connectivity index (χ2v) is 10.6. The van der Waals surface area contributed by atoms with E-state index in [4.69, 9.17) is 13.9 Å². The van der Waals surface area contributed by atoms with Crippen LogP contribution in [0.1, 0.15) is 44.3 Å². The fraction of sp³-hybridized carbons (Fsp3) is 0.400. The zero-order valence-corrected chi connectivity index (χ0v) is 24.2. The van der Waals surface area contributed by atoms with Crippen LogP contribution in [-0.2, 0) is 19.2 Å². The molecule has 3 aromatic rings. The van der Waals surface area contributed by atoms with Gasteiger partial charge in [-0.25, -0.2) is 4.98 Å². The van der Waals surface area contributed by atoms with Gasteiger partial charge in [-0.15, -0.1) is 0 Å². The van der Waals surface area contributed by atoms with Crippen molar-refractivity contribution in [2.24, 2.45) is 5.92 Å². The lowest BCUT2D eigenvalue weighted by molar-refractivity contribution is -0.142. The standard InChI is InChI=1S/C30H34N4O9/c1-16(2)25(31-17(3)35)30(40)34-15-19(42-18-9-6-5-7-10-18)13-22(34)28(39)32-21(14-24(36)37)26(38)29-33-20-11-8-12-23(41-4)27(20)43-29/h5-12,16,19,21-22,25H,13-15H2,1-4H3,(H,31,35)(H,32,39)(H,36,37)/t19-,21-,22?,25?/m0/s1. The maximum atomic E-state index is 13.7. The number of aromatic nitrogens is 1. The lowest BCUT2D eigenvalue weighted by Crippen LogP contribution is -2.56. The third kappa shape index (κ3) is 7.29. The van der Waals surface area contributed by atoms with Gasteiger partial charge in [0.05, 0.1) is 20.1 Å². The lowest BCUT2D eigenvalue weighted by atomic mass is 10.0. The Hall–Kier alpha value is -4.94. The number of benzene rings is 2. The number of hydrogen-bond acceptors (Lipinski definition) is 9.